The smallest absolute Gasteiger partial charge is 0.253 e. The van der Waals surface area contributed by atoms with Crippen LogP contribution in [0.25, 0.3) is 10.8 Å². The van der Waals surface area contributed by atoms with Crippen LogP contribution in [0.2, 0.25) is 0 Å². The maximum absolute atomic E-state index is 12.8. The lowest BCUT2D eigenvalue weighted by atomic mass is 10.1. The Morgan fingerprint density at radius 2 is 1.88 bits per heavy atom. The van der Waals surface area contributed by atoms with E-state index in [1.165, 1.54) is 22.5 Å². The highest BCUT2D eigenvalue weighted by molar-refractivity contribution is 8.00. The van der Waals surface area contributed by atoms with Crippen molar-refractivity contribution in [2.75, 3.05) is 18.1 Å². The molecule has 3 aromatic rings. The van der Waals surface area contributed by atoms with Crippen molar-refractivity contribution in [3.05, 3.63) is 71.8 Å². The van der Waals surface area contributed by atoms with Crippen LogP contribution in [0.5, 0.6) is 0 Å². The molecule has 0 fully saturated rings. The summed E-state index contributed by atoms with van der Waals surface area (Å²) in [4.78, 5) is 27.0. The molecule has 2 amide bonds. The molecule has 0 spiro atoms. The van der Waals surface area contributed by atoms with E-state index in [9.17, 15) is 9.59 Å². The predicted molar refractivity (Wildman–Crippen MR) is 106 cm³/mol. The van der Waals surface area contributed by atoms with Gasteiger partial charge in [-0.05, 0) is 40.6 Å². The number of rotatable bonds is 3. The van der Waals surface area contributed by atoms with Crippen molar-refractivity contribution < 1.29 is 9.59 Å². The Bertz CT molecular complexity index is 1020. The van der Waals surface area contributed by atoms with Crippen LogP contribution in [-0.4, -0.2) is 29.5 Å². The lowest BCUT2D eigenvalue weighted by Crippen LogP contribution is -2.26. The number of carbonyl (C=O) groups excluding carboxylic acids is 2. The Kier molecular flexibility index (Phi) is 4.39. The number of carbonyl (C=O) groups is 2. The van der Waals surface area contributed by atoms with Gasteiger partial charge in [-0.3, -0.25) is 9.59 Å². The molecule has 4 rings (SSSR count). The third-order valence-electron chi connectivity index (χ3n) is 4.44. The minimum atomic E-state index is -0.0641. The number of thioether (sulfide) groups is 1. The summed E-state index contributed by atoms with van der Waals surface area (Å²) in [7, 11) is 1.80. The van der Waals surface area contributed by atoms with Crippen LogP contribution < -0.4 is 5.32 Å². The van der Waals surface area contributed by atoms with E-state index in [2.05, 4.69) is 35.6 Å². The summed E-state index contributed by atoms with van der Waals surface area (Å²) >= 11 is 1.49. The molecule has 0 unspecified atom stereocenters. The van der Waals surface area contributed by atoms with Gasteiger partial charge >= 0.3 is 0 Å². The van der Waals surface area contributed by atoms with Gasteiger partial charge in [-0.2, -0.15) is 0 Å². The molecule has 0 saturated carbocycles. The summed E-state index contributed by atoms with van der Waals surface area (Å²) in [6.45, 7) is 0.530. The predicted octanol–water partition coefficient (Wildman–Crippen LogP) is 4.16. The molecule has 26 heavy (non-hydrogen) atoms. The Morgan fingerprint density at radius 3 is 2.73 bits per heavy atom. The van der Waals surface area contributed by atoms with E-state index in [1.807, 2.05) is 24.3 Å². The SMILES string of the molecule is CN(Cc1ccc2ccccc2c1)C(=O)c1ccc2c(c1)NC(=O)CS2. The minimum absolute atomic E-state index is 0.0309. The van der Waals surface area contributed by atoms with Gasteiger partial charge in [0.05, 0.1) is 11.4 Å². The van der Waals surface area contributed by atoms with Gasteiger partial charge in [-0.1, -0.05) is 36.4 Å². The monoisotopic (exact) mass is 362 g/mol. The van der Waals surface area contributed by atoms with Crippen molar-refractivity contribution in [1.82, 2.24) is 4.90 Å². The number of anilines is 1. The zero-order valence-corrected chi connectivity index (χ0v) is 15.2. The number of hydrogen-bond acceptors (Lipinski definition) is 3. The lowest BCUT2D eigenvalue weighted by Gasteiger charge is -2.20. The molecule has 0 radical (unpaired) electrons. The molecular weight excluding hydrogens is 344 g/mol. The standard InChI is InChI=1S/C21H18N2O2S/c1-23(12-14-6-7-15-4-2-3-5-16(15)10-14)21(25)17-8-9-19-18(11-17)22-20(24)13-26-19/h2-11H,12-13H2,1H3,(H,22,24). The third kappa shape index (κ3) is 3.30. The molecule has 3 aromatic carbocycles. The van der Waals surface area contributed by atoms with Gasteiger partial charge in [0.2, 0.25) is 5.91 Å². The first kappa shape index (κ1) is 16.7. The zero-order valence-electron chi connectivity index (χ0n) is 14.4. The van der Waals surface area contributed by atoms with Gasteiger partial charge in [-0.25, -0.2) is 0 Å². The van der Waals surface area contributed by atoms with Gasteiger partial charge in [0.1, 0.15) is 0 Å². The fraction of sp³-hybridized carbons (Fsp3) is 0.143. The third-order valence-corrected chi connectivity index (χ3v) is 5.51. The van der Waals surface area contributed by atoms with E-state index in [-0.39, 0.29) is 11.8 Å². The van der Waals surface area contributed by atoms with Gasteiger partial charge in [-0.15, -0.1) is 11.8 Å². The Morgan fingerprint density at radius 1 is 1.08 bits per heavy atom. The second kappa shape index (κ2) is 6.84. The van der Waals surface area contributed by atoms with Gasteiger partial charge in [0.25, 0.3) is 5.91 Å². The van der Waals surface area contributed by atoms with Crippen LogP contribution in [0.1, 0.15) is 15.9 Å². The number of fused-ring (bicyclic) bond motifs is 2. The number of hydrogen-bond donors (Lipinski definition) is 1. The zero-order chi connectivity index (χ0) is 18.1. The largest absolute Gasteiger partial charge is 0.337 e. The highest BCUT2D eigenvalue weighted by Gasteiger charge is 2.19. The molecule has 4 nitrogen and oxygen atoms in total. The normalized spacial score (nSPS) is 13.2. The van der Waals surface area contributed by atoms with Crippen LogP contribution in [0.4, 0.5) is 5.69 Å². The van der Waals surface area contributed by atoms with Crippen molar-refractivity contribution >= 4 is 40.0 Å². The van der Waals surface area contributed by atoms with Crippen molar-refractivity contribution in [3.8, 4) is 0 Å². The first-order valence-corrected chi connectivity index (χ1v) is 9.38. The Hall–Kier alpha value is -2.79. The number of nitrogens with one attached hydrogen (secondary N) is 1. The van der Waals surface area contributed by atoms with Crippen LogP contribution >= 0.6 is 11.8 Å². The average molecular weight is 362 g/mol. The fourth-order valence-corrected chi connectivity index (χ4v) is 3.91. The summed E-state index contributed by atoms with van der Waals surface area (Å²) in [5.74, 6) is 0.324. The van der Waals surface area contributed by atoms with Crippen LogP contribution in [0.3, 0.4) is 0 Å². The highest BCUT2D eigenvalue weighted by atomic mass is 32.2. The van der Waals surface area contributed by atoms with Crippen LogP contribution in [0.15, 0.2) is 65.6 Å². The van der Waals surface area contributed by atoms with Crippen molar-refractivity contribution in [3.63, 3.8) is 0 Å². The number of benzene rings is 3. The maximum atomic E-state index is 12.8. The molecule has 1 aliphatic heterocycles. The Labute approximate surface area is 156 Å². The average Bonchev–Trinajstić information content (AvgIpc) is 2.66. The summed E-state index contributed by atoms with van der Waals surface area (Å²) in [6, 6.07) is 19.9. The van der Waals surface area contributed by atoms with E-state index >= 15 is 0 Å². The first-order valence-electron chi connectivity index (χ1n) is 8.40. The van der Waals surface area contributed by atoms with Gasteiger partial charge < -0.3 is 10.2 Å². The highest BCUT2D eigenvalue weighted by Crippen LogP contribution is 2.32. The van der Waals surface area contributed by atoms with E-state index in [1.54, 1.807) is 18.0 Å². The quantitative estimate of drug-likeness (QED) is 0.761. The number of amides is 2. The molecule has 0 aromatic heterocycles. The van der Waals surface area contributed by atoms with Crippen molar-refractivity contribution in [1.29, 1.82) is 0 Å². The van der Waals surface area contributed by atoms with E-state index in [0.717, 1.165) is 16.1 Å². The Balaban J connectivity index is 1.53. The lowest BCUT2D eigenvalue weighted by molar-refractivity contribution is -0.113. The second-order valence-corrected chi connectivity index (χ2v) is 7.41. The van der Waals surface area contributed by atoms with E-state index in [4.69, 9.17) is 0 Å². The molecular formula is C21H18N2O2S. The molecule has 5 heteroatoms. The molecule has 0 bridgehead atoms. The molecule has 130 valence electrons. The fourth-order valence-electron chi connectivity index (χ4n) is 3.12. The van der Waals surface area contributed by atoms with Crippen LogP contribution in [0, 0.1) is 0 Å². The van der Waals surface area contributed by atoms with Crippen LogP contribution in [-0.2, 0) is 11.3 Å². The molecule has 0 saturated heterocycles. The summed E-state index contributed by atoms with van der Waals surface area (Å²) in [6.07, 6.45) is 0. The van der Waals surface area contributed by atoms with Crippen molar-refractivity contribution in [2.24, 2.45) is 0 Å². The number of nitrogens with zero attached hydrogens (tertiary/aromatic N) is 1. The molecule has 1 aliphatic rings. The summed E-state index contributed by atoms with van der Waals surface area (Å²) in [5.41, 5.74) is 2.38. The second-order valence-electron chi connectivity index (χ2n) is 6.39. The van der Waals surface area contributed by atoms with E-state index < -0.39 is 0 Å². The first-order chi connectivity index (χ1) is 12.6. The van der Waals surface area contributed by atoms with Gasteiger partial charge in [0.15, 0.2) is 0 Å². The maximum Gasteiger partial charge on any atom is 0.253 e. The molecule has 1 N–H and O–H groups in total. The van der Waals surface area contributed by atoms with E-state index in [0.29, 0.717) is 17.9 Å². The van der Waals surface area contributed by atoms with Crippen molar-refractivity contribution in [2.45, 2.75) is 11.4 Å². The molecule has 0 aliphatic carbocycles. The minimum Gasteiger partial charge on any atom is -0.337 e. The molecule has 1 heterocycles. The van der Waals surface area contributed by atoms with Gasteiger partial charge in [0, 0.05) is 24.1 Å². The summed E-state index contributed by atoms with van der Waals surface area (Å²) in [5, 5.41) is 5.19. The topological polar surface area (TPSA) is 49.4 Å². The molecule has 0 atom stereocenters. The summed E-state index contributed by atoms with van der Waals surface area (Å²) < 4.78 is 0.